The highest BCUT2D eigenvalue weighted by molar-refractivity contribution is 6.33. The van der Waals surface area contributed by atoms with Crippen LogP contribution in [0.3, 0.4) is 0 Å². The van der Waals surface area contributed by atoms with Gasteiger partial charge in [-0.25, -0.2) is 0 Å². The van der Waals surface area contributed by atoms with Crippen LogP contribution >= 0.6 is 11.6 Å². The molecule has 0 bridgehead atoms. The minimum Gasteiger partial charge on any atom is -0.486 e. The summed E-state index contributed by atoms with van der Waals surface area (Å²) in [5, 5.41) is 0.488. The van der Waals surface area contributed by atoms with Gasteiger partial charge in [0.1, 0.15) is 13.2 Å². The molecule has 0 spiro atoms. The van der Waals surface area contributed by atoms with E-state index in [1.54, 1.807) is 30.4 Å². The van der Waals surface area contributed by atoms with Crippen LogP contribution in [-0.2, 0) is 0 Å². The Morgan fingerprint density at radius 1 is 0.957 bits per heavy atom. The van der Waals surface area contributed by atoms with Gasteiger partial charge in [-0.1, -0.05) is 41.9 Å². The smallest absolute Gasteiger partial charge is 0.186 e. The van der Waals surface area contributed by atoms with Crippen molar-refractivity contribution in [2.24, 2.45) is 0 Å². The van der Waals surface area contributed by atoms with E-state index in [1.165, 1.54) is 6.08 Å². The largest absolute Gasteiger partial charge is 0.486 e. The summed E-state index contributed by atoms with van der Waals surface area (Å²) < 4.78 is 10.9. The average Bonchev–Trinajstić information content (AvgIpc) is 2.60. The van der Waals surface area contributed by atoms with Crippen molar-refractivity contribution in [3.63, 3.8) is 0 Å². The summed E-state index contributed by atoms with van der Waals surface area (Å²) in [4.78, 5) is 12.2. The van der Waals surface area contributed by atoms with Gasteiger partial charge in [-0.3, -0.25) is 4.79 Å². The summed E-state index contributed by atoms with van der Waals surface area (Å²) in [6.07, 6.45) is 4.84. The molecule has 0 fully saturated rings. The Morgan fingerprint density at radius 2 is 1.70 bits per heavy atom. The van der Waals surface area contributed by atoms with E-state index >= 15 is 0 Å². The number of ether oxygens (including phenoxy) is 2. The monoisotopic (exact) mass is 326 g/mol. The molecule has 0 unspecified atom stereocenters. The minimum absolute atomic E-state index is 0.137. The number of rotatable bonds is 4. The lowest BCUT2D eigenvalue weighted by Crippen LogP contribution is -2.15. The topological polar surface area (TPSA) is 35.5 Å². The Kier molecular flexibility index (Phi) is 4.79. The highest BCUT2D eigenvalue weighted by Crippen LogP contribution is 2.31. The maximum atomic E-state index is 12.2. The number of hydrogen-bond donors (Lipinski definition) is 0. The van der Waals surface area contributed by atoms with Gasteiger partial charge in [0, 0.05) is 10.6 Å². The first-order valence-electron chi connectivity index (χ1n) is 7.27. The zero-order valence-electron chi connectivity index (χ0n) is 12.4. The van der Waals surface area contributed by atoms with E-state index in [2.05, 4.69) is 0 Å². The summed E-state index contributed by atoms with van der Waals surface area (Å²) >= 11 is 6.14. The summed E-state index contributed by atoms with van der Waals surface area (Å²) in [5.41, 5.74) is 1.52. The van der Waals surface area contributed by atoms with Crippen LogP contribution in [0, 0.1) is 0 Å². The highest BCUT2D eigenvalue weighted by Gasteiger charge is 2.13. The van der Waals surface area contributed by atoms with Crippen LogP contribution < -0.4 is 9.47 Å². The normalized spacial score (nSPS) is 14.0. The quantitative estimate of drug-likeness (QED) is 0.472. The molecule has 3 nitrogen and oxygen atoms in total. The summed E-state index contributed by atoms with van der Waals surface area (Å²) in [7, 11) is 0. The Balaban J connectivity index is 1.72. The third-order valence-corrected chi connectivity index (χ3v) is 3.56. The molecule has 0 radical (unpaired) electrons. The summed E-state index contributed by atoms with van der Waals surface area (Å²) in [6.45, 7) is 1.02. The first-order valence-corrected chi connectivity index (χ1v) is 7.64. The molecule has 0 saturated carbocycles. The predicted octanol–water partition coefficient (Wildman–Crippen LogP) is 4.48. The molecule has 23 heavy (non-hydrogen) atoms. The number of ketones is 1. The molecule has 1 heterocycles. The second-order valence-corrected chi connectivity index (χ2v) is 5.43. The highest BCUT2D eigenvalue weighted by atomic mass is 35.5. The van der Waals surface area contributed by atoms with Crippen molar-refractivity contribution in [3.8, 4) is 11.5 Å². The van der Waals surface area contributed by atoms with E-state index in [-0.39, 0.29) is 5.78 Å². The molecule has 0 saturated heterocycles. The number of hydrogen-bond acceptors (Lipinski definition) is 3. The molecule has 1 aliphatic rings. The molecular weight excluding hydrogens is 312 g/mol. The van der Waals surface area contributed by atoms with Gasteiger partial charge < -0.3 is 9.47 Å². The fraction of sp³-hybridized carbons (Fsp3) is 0.105. The molecule has 116 valence electrons. The average molecular weight is 327 g/mol. The molecule has 2 aromatic carbocycles. The number of allylic oxidation sites excluding steroid dienone is 3. The van der Waals surface area contributed by atoms with Gasteiger partial charge in [0.25, 0.3) is 0 Å². The van der Waals surface area contributed by atoms with Crippen molar-refractivity contribution < 1.29 is 14.3 Å². The van der Waals surface area contributed by atoms with Crippen molar-refractivity contribution in [2.75, 3.05) is 13.2 Å². The van der Waals surface area contributed by atoms with Crippen molar-refractivity contribution in [2.45, 2.75) is 0 Å². The molecular formula is C19H15ClO3. The molecule has 1 aliphatic heterocycles. The molecule has 0 amide bonds. The van der Waals surface area contributed by atoms with Gasteiger partial charge in [0.05, 0.1) is 0 Å². The third-order valence-electron chi connectivity index (χ3n) is 3.32. The number of fused-ring (bicyclic) bond motifs is 1. The molecule has 3 rings (SSSR count). The maximum Gasteiger partial charge on any atom is 0.186 e. The van der Waals surface area contributed by atoms with Crippen LogP contribution in [0.25, 0.3) is 6.08 Å². The van der Waals surface area contributed by atoms with Crippen molar-refractivity contribution in [3.05, 3.63) is 76.8 Å². The zero-order valence-corrected chi connectivity index (χ0v) is 13.1. The lowest BCUT2D eigenvalue weighted by molar-refractivity contribution is 0.104. The van der Waals surface area contributed by atoms with E-state index in [4.69, 9.17) is 21.1 Å². The first-order chi connectivity index (χ1) is 11.2. The van der Waals surface area contributed by atoms with Crippen molar-refractivity contribution >= 4 is 23.5 Å². The second-order valence-electron chi connectivity index (χ2n) is 5.00. The Bertz CT molecular complexity index is 763. The maximum absolute atomic E-state index is 12.2. The zero-order chi connectivity index (χ0) is 16.1. The predicted molar refractivity (Wildman–Crippen MR) is 91.2 cm³/mol. The van der Waals surface area contributed by atoms with E-state index in [1.807, 2.05) is 30.3 Å². The van der Waals surface area contributed by atoms with Gasteiger partial charge in [0.15, 0.2) is 17.3 Å². The van der Waals surface area contributed by atoms with Crippen LogP contribution in [0.2, 0.25) is 0 Å². The Morgan fingerprint density at radius 3 is 2.48 bits per heavy atom. The molecule has 0 atom stereocenters. The summed E-state index contributed by atoms with van der Waals surface area (Å²) in [5.74, 6) is 1.13. The first kappa shape index (κ1) is 15.4. The standard InChI is InChI=1S/C19H15ClO3/c20-16(12-14-4-2-1-3-5-14)7-8-17(21)15-6-9-18-19(13-15)23-11-10-22-18/h1-9,12-13H,10-11H2/b8-7+,16-12+. The SMILES string of the molecule is O=C(/C=C/C(Cl)=C\c1ccccc1)c1ccc2c(c1)OCCO2. The van der Waals surface area contributed by atoms with Gasteiger partial charge in [-0.15, -0.1) is 0 Å². The van der Waals surface area contributed by atoms with Crippen molar-refractivity contribution in [1.82, 2.24) is 0 Å². The van der Waals surface area contributed by atoms with Crippen LogP contribution in [-0.4, -0.2) is 19.0 Å². The number of carbonyl (C=O) groups is 1. The lowest BCUT2D eigenvalue weighted by atomic mass is 10.1. The molecule has 0 aromatic heterocycles. The van der Waals surface area contributed by atoms with Gasteiger partial charge in [-0.2, -0.15) is 0 Å². The number of halogens is 1. The van der Waals surface area contributed by atoms with E-state index in [0.717, 1.165) is 5.56 Å². The molecule has 0 N–H and O–H groups in total. The van der Waals surface area contributed by atoms with E-state index in [0.29, 0.717) is 35.3 Å². The van der Waals surface area contributed by atoms with E-state index < -0.39 is 0 Å². The number of carbonyl (C=O) groups excluding carboxylic acids is 1. The van der Waals surface area contributed by atoms with Crippen LogP contribution in [0.15, 0.2) is 65.7 Å². The third kappa shape index (κ3) is 4.02. The molecule has 4 heteroatoms. The Hall–Kier alpha value is -2.52. The fourth-order valence-electron chi connectivity index (χ4n) is 2.20. The van der Waals surface area contributed by atoms with Crippen LogP contribution in [0.4, 0.5) is 0 Å². The lowest BCUT2D eigenvalue weighted by Gasteiger charge is -2.18. The van der Waals surface area contributed by atoms with E-state index in [9.17, 15) is 4.79 Å². The van der Waals surface area contributed by atoms with Gasteiger partial charge >= 0.3 is 0 Å². The van der Waals surface area contributed by atoms with Gasteiger partial charge in [-0.05, 0) is 42.0 Å². The fourth-order valence-corrected chi connectivity index (χ4v) is 2.39. The molecule has 0 aliphatic carbocycles. The minimum atomic E-state index is -0.137. The second kappa shape index (κ2) is 7.16. The van der Waals surface area contributed by atoms with Crippen LogP contribution in [0.1, 0.15) is 15.9 Å². The molecule has 2 aromatic rings. The summed E-state index contributed by atoms with van der Waals surface area (Å²) in [6, 6.07) is 14.8. The Labute approximate surface area is 139 Å². The number of benzene rings is 2. The van der Waals surface area contributed by atoms with Gasteiger partial charge in [0.2, 0.25) is 0 Å². The van der Waals surface area contributed by atoms with Crippen molar-refractivity contribution in [1.29, 1.82) is 0 Å². The van der Waals surface area contributed by atoms with Crippen LogP contribution in [0.5, 0.6) is 11.5 Å².